The lowest BCUT2D eigenvalue weighted by Gasteiger charge is -2.19. The van der Waals surface area contributed by atoms with Gasteiger partial charge in [-0.3, -0.25) is 4.79 Å². The summed E-state index contributed by atoms with van der Waals surface area (Å²) in [5.41, 5.74) is 2.00. The highest BCUT2D eigenvalue weighted by atomic mass is 32.2. The van der Waals surface area contributed by atoms with Crippen LogP contribution in [0.2, 0.25) is 0 Å². The molecule has 0 radical (unpaired) electrons. The van der Waals surface area contributed by atoms with Gasteiger partial charge in [0, 0.05) is 6.04 Å². The first-order valence-corrected chi connectivity index (χ1v) is 7.79. The molecule has 1 N–H and O–H groups in total. The van der Waals surface area contributed by atoms with Gasteiger partial charge in [0.1, 0.15) is 0 Å². The summed E-state index contributed by atoms with van der Waals surface area (Å²) in [5.74, 6) is -0.189. The SMILES string of the molecule is CC(C)CC(C)n1c(SCC(=O)O)nc2ccccc21. The lowest BCUT2D eigenvalue weighted by atomic mass is 10.1. The van der Waals surface area contributed by atoms with Crippen LogP contribution in [0.1, 0.15) is 33.2 Å². The fraction of sp³-hybridized carbons (Fsp3) is 0.467. The average Bonchev–Trinajstić information content (AvgIpc) is 2.73. The fourth-order valence-corrected chi connectivity index (χ4v) is 3.30. The summed E-state index contributed by atoms with van der Waals surface area (Å²) in [6, 6.07) is 8.27. The highest BCUT2D eigenvalue weighted by molar-refractivity contribution is 7.99. The maximum Gasteiger partial charge on any atom is 0.313 e. The number of hydrogen-bond acceptors (Lipinski definition) is 3. The number of carboxylic acids is 1. The maximum atomic E-state index is 10.8. The van der Waals surface area contributed by atoms with Gasteiger partial charge >= 0.3 is 5.97 Å². The van der Waals surface area contributed by atoms with Crippen molar-refractivity contribution in [2.24, 2.45) is 5.92 Å². The first-order chi connectivity index (χ1) is 9.49. The second-order valence-corrected chi connectivity index (χ2v) is 6.36. The number of aromatic nitrogens is 2. The predicted octanol–water partition coefficient (Wildman–Crippen LogP) is 3.82. The number of imidazole rings is 1. The first kappa shape index (κ1) is 14.9. The fourth-order valence-electron chi connectivity index (χ4n) is 2.46. The average molecular weight is 292 g/mol. The molecule has 2 rings (SSSR count). The number of para-hydroxylation sites is 2. The molecule has 0 aliphatic rings. The minimum absolute atomic E-state index is 0.0394. The Hall–Kier alpha value is -1.49. The molecule has 5 heteroatoms. The quantitative estimate of drug-likeness (QED) is 0.822. The molecule has 1 heterocycles. The van der Waals surface area contributed by atoms with Crippen molar-refractivity contribution < 1.29 is 9.90 Å². The van der Waals surface area contributed by atoms with Crippen LogP contribution in [0.4, 0.5) is 0 Å². The third kappa shape index (κ3) is 3.33. The molecule has 1 aromatic carbocycles. The number of carbonyl (C=O) groups is 1. The molecule has 2 aromatic rings. The van der Waals surface area contributed by atoms with Crippen molar-refractivity contribution in [3.8, 4) is 0 Å². The Bertz CT molecular complexity index is 607. The van der Waals surface area contributed by atoms with Gasteiger partial charge in [-0.1, -0.05) is 37.7 Å². The molecule has 0 aliphatic heterocycles. The van der Waals surface area contributed by atoms with E-state index in [0.29, 0.717) is 12.0 Å². The molecule has 20 heavy (non-hydrogen) atoms. The maximum absolute atomic E-state index is 10.8. The van der Waals surface area contributed by atoms with E-state index in [4.69, 9.17) is 5.11 Å². The third-order valence-corrected chi connectivity index (χ3v) is 4.08. The summed E-state index contributed by atoms with van der Waals surface area (Å²) in [5, 5.41) is 9.66. The van der Waals surface area contributed by atoms with Crippen LogP contribution in [0.15, 0.2) is 29.4 Å². The monoisotopic (exact) mass is 292 g/mol. The third-order valence-electron chi connectivity index (χ3n) is 3.14. The molecule has 1 atom stereocenters. The zero-order valence-corrected chi connectivity index (χ0v) is 12.9. The smallest absolute Gasteiger partial charge is 0.313 e. The predicted molar refractivity (Wildman–Crippen MR) is 82.3 cm³/mol. The van der Waals surface area contributed by atoms with Gasteiger partial charge in [-0.25, -0.2) is 4.98 Å². The molecule has 0 aliphatic carbocycles. The number of aliphatic carboxylic acids is 1. The molecule has 0 saturated heterocycles. The number of fused-ring (bicyclic) bond motifs is 1. The molecule has 108 valence electrons. The highest BCUT2D eigenvalue weighted by Gasteiger charge is 2.17. The van der Waals surface area contributed by atoms with Gasteiger partial charge in [-0.2, -0.15) is 0 Å². The van der Waals surface area contributed by atoms with Crippen LogP contribution in [0, 0.1) is 5.92 Å². The topological polar surface area (TPSA) is 55.1 Å². The van der Waals surface area contributed by atoms with E-state index in [1.165, 1.54) is 11.8 Å². The van der Waals surface area contributed by atoms with Gasteiger partial charge < -0.3 is 9.67 Å². The van der Waals surface area contributed by atoms with Crippen molar-refractivity contribution in [2.75, 3.05) is 5.75 Å². The van der Waals surface area contributed by atoms with Crippen LogP contribution in [0.3, 0.4) is 0 Å². The van der Waals surface area contributed by atoms with Crippen LogP contribution in [0.25, 0.3) is 11.0 Å². The van der Waals surface area contributed by atoms with E-state index >= 15 is 0 Å². The second-order valence-electron chi connectivity index (χ2n) is 5.41. The highest BCUT2D eigenvalue weighted by Crippen LogP contribution is 2.30. The van der Waals surface area contributed by atoms with Gasteiger partial charge in [0.2, 0.25) is 0 Å². The van der Waals surface area contributed by atoms with E-state index in [0.717, 1.165) is 22.6 Å². The molecule has 0 saturated carbocycles. The number of nitrogens with zero attached hydrogens (tertiary/aromatic N) is 2. The largest absolute Gasteiger partial charge is 0.481 e. The van der Waals surface area contributed by atoms with Crippen LogP contribution >= 0.6 is 11.8 Å². The van der Waals surface area contributed by atoms with E-state index in [9.17, 15) is 4.79 Å². The molecule has 0 amide bonds. The van der Waals surface area contributed by atoms with Gasteiger partial charge in [-0.05, 0) is 31.4 Å². The van der Waals surface area contributed by atoms with E-state index in [2.05, 4.69) is 30.3 Å². The lowest BCUT2D eigenvalue weighted by molar-refractivity contribution is -0.133. The summed E-state index contributed by atoms with van der Waals surface area (Å²) < 4.78 is 2.17. The zero-order valence-electron chi connectivity index (χ0n) is 12.0. The normalized spacial score (nSPS) is 13.0. The Morgan fingerprint density at radius 1 is 1.35 bits per heavy atom. The molecule has 0 spiro atoms. The van der Waals surface area contributed by atoms with E-state index in [1.54, 1.807) is 0 Å². The Morgan fingerprint density at radius 2 is 2.05 bits per heavy atom. The van der Waals surface area contributed by atoms with Crippen molar-refractivity contribution in [3.63, 3.8) is 0 Å². The standard InChI is InChI=1S/C15H20N2O2S/c1-10(2)8-11(3)17-13-7-5-4-6-12(13)16-15(17)20-9-14(18)19/h4-7,10-11H,8-9H2,1-3H3,(H,18,19). The van der Waals surface area contributed by atoms with E-state index < -0.39 is 5.97 Å². The summed E-state index contributed by atoms with van der Waals surface area (Å²) >= 11 is 1.29. The Balaban J connectivity index is 2.41. The Morgan fingerprint density at radius 3 is 2.70 bits per heavy atom. The van der Waals surface area contributed by atoms with Gasteiger partial charge in [0.05, 0.1) is 16.8 Å². The van der Waals surface area contributed by atoms with Crippen LogP contribution < -0.4 is 0 Å². The minimum Gasteiger partial charge on any atom is -0.481 e. The van der Waals surface area contributed by atoms with Crippen molar-refractivity contribution in [3.05, 3.63) is 24.3 Å². The molecular formula is C15H20N2O2S. The summed E-state index contributed by atoms with van der Waals surface area (Å²) in [7, 11) is 0. The second kappa shape index (κ2) is 6.31. The van der Waals surface area contributed by atoms with Gasteiger partial charge in [0.25, 0.3) is 0 Å². The number of benzene rings is 1. The number of hydrogen-bond donors (Lipinski definition) is 1. The van der Waals surface area contributed by atoms with Gasteiger partial charge in [0.15, 0.2) is 5.16 Å². The minimum atomic E-state index is -0.815. The van der Waals surface area contributed by atoms with Crippen LogP contribution in [0.5, 0.6) is 0 Å². The first-order valence-electron chi connectivity index (χ1n) is 6.80. The van der Waals surface area contributed by atoms with Gasteiger partial charge in [-0.15, -0.1) is 0 Å². The summed E-state index contributed by atoms with van der Waals surface area (Å²) in [6.45, 7) is 6.55. The molecule has 0 fully saturated rings. The molecular weight excluding hydrogens is 272 g/mol. The molecule has 4 nitrogen and oxygen atoms in total. The lowest BCUT2D eigenvalue weighted by Crippen LogP contribution is -2.10. The number of thioether (sulfide) groups is 1. The molecule has 1 aromatic heterocycles. The van der Waals surface area contributed by atoms with Crippen LogP contribution in [-0.4, -0.2) is 26.4 Å². The molecule has 1 unspecified atom stereocenters. The Kier molecular flexibility index (Phi) is 4.70. The van der Waals surface area contributed by atoms with Crippen molar-refractivity contribution in [2.45, 2.75) is 38.4 Å². The molecule has 0 bridgehead atoms. The van der Waals surface area contributed by atoms with E-state index in [-0.39, 0.29) is 5.75 Å². The van der Waals surface area contributed by atoms with E-state index in [1.807, 2.05) is 24.3 Å². The summed E-state index contributed by atoms with van der Waals surface area (Å²) in [6.07, 6.45) is 1.04. The zero-order chi connectivity index (χ0) is 14.7. The summed E-state index contributed by atoms with van der Waals surface area (Å²) in [4.78, 5) is 15.4. The van der Waals surface area contributed by atoms with Crippen molar-refractivity contribution in [1.29, 1.82) is 0 Å². The number of carboxylic acid groups (broad SMARTS) is 1. The van der Waals surface area contributed by atoms with Crippen molar-refractivity contribution in [1.82, 2.24) is 9.55 Å². The number of rotatable bonds is 6. The van der Waals surface area contributed by atoms with Crippen LogP contribution in [-0.2, 0) is 4.79 Å². The Labute approximate surface area is 123 Å². The van der Waals surface area contributed by atoms with Crippen molar-refractivity contribution >= 4 is 28.8 Å².